The quantitative estimate of drug-likeness (QED) is 0.362. The smallest absolute Gasteiger partial charge is 0.349 e. The fourth-order valence-corrected chi connectivity index (χ4v) is 1.23. The van der Waals surface area contributed by atoms with Gasteiger partial charge in [0, 0.05) is 12.1 Å². The molecule has 0 heterocycles. The van der Waals surface area contributed by atoms with Gasteiger partial charge in [0.05, 0.1) is 12.2 Å². The van der Waals surface area contributed by atoms with Crippen LogP contribution in [0.2, 0.25) is 0 Å². The van der Waals surface area contributed by atoms with E-state index in [1.807, 2.05) is 0 Å². The van der Waals surface area contributed by atoms with E-state index in [0.717, 1.165) is 0 Å². The van der Waals surface area contributed by atoms with Gasteiger partial charge in [-0.05, 0) is 6.92 Å². The van der Waals surface area contributed by atoms with Crippen molar-refractivity contribution < 1.29 is 31.9 Å². The third kappa shape index (κ3) is 2.85. The summed E-state index contributed by atoms with van der Waals surface area (Å²) in [5.41, 5.74) is -1.31. The zero-order chi connectivity index (χ0) is 13.9. The molecule has 0 radical (unpaired) electrons. The van der Waals surface area contributed by atoms with Gasteiger partial charge in [0.25, 0.3) is 6.17 Å². The number of ketones is 1. The molecule has 7 heteroatoms. The van der Waals surface area contributed by atoms with Crippen LogP contribution in [0.3, 0.4) is 0 Å². The Balaban J connectivity index is 3.08. The largest absolute Gasteiger partial charge is 0.463 e. The van der Waals surface area contributed by atoms with Gasteiger partial charge in [0.1, 0.15) is 17.5 Å². The second kappa shape index (κ2) is 5.61. The Bertz CT molecular complexity index is 464. The summed E-state index contributed by atoms with van der Waals surface area (Å²) in [6.07, 6.45) is -2.85. The van der Waals surface area contributed by atoms with Crippen molar-refractivity contribution in [2.45, 2.75) is 13.1 Å². The van der Waals surface area contributed by atoms with Crippen LogP contribution in [0.4, 0.5) is 17.6 Å². The SMILES string of the molecule is CCOC(=O)C(F)C(=O)c1c(F)cc(F)cc1F. The summed E-state index contributed by atoms with van der Waals surface area (Å²) in [6, 6.07) is 0.433. The monoisotopic (exact) mass is 264 g/mol. The lowest BCUT2D eigenvalue weighted by molar-refractivity contribution is -0.147. The minimum Gasteiger partial charge on any atom is -0.463 e. The summed E-state index contributed by atoms with van der Waals surface area (Å²) in [5.74, 6) is -7.71. The Kier molecular flexibility index (Phi) is 4.41. The van der Waals surface area contributed by atoms with Crippen LogP contribution in [0.25, 0.3) is 0 Å². The van der Waals surface area contributed by atoms with Crippen molar-refractivity contribution in [3.8, 4) is 0 Å². The molecule has 0 aromatic heterocycles. The van der Waals surface area contributed by atoms with Gasteiger partial charge in [0.15, 0.2) is 0 Å². The van der Waals surface area contributed by atoms with Crippen molar-refractivity contribution >= 4 is 11.8 Å². The lowest BCUT2D eigenvalue weighted by Crippen LogP contribution is -2.29. The minimum atomic E-state index is -2.85. The van der Waals surface area contributed by atoms with Crippen LogP contribution < -0.4 is 0 Å². The summed E-state index contributed by atoms with van der Waals surface area (Å²) in [6.45, 7) is 1.18. The molecule has 0 amide bonds. The third-order valence-electron chi connectivity index (χ3n) is 1.98. The Labute approximate surface area is 99.4 Å². The molecule has 0 aliphatic rings. The van der Waals surface area contributed by atoms with Gasteiger partial charge < -0.3 is 4.74 Å². The molecule has 18 heavy (non-hydrogen) atoms. The van der Waals surface area contributed by atoms with E-state index in [4.69, 9.17) is 0 Å². The molecule has 0 aliphatic carbocycles. The normalized spacial score (nSPS) is 12.1. The van der Waals surface area contributed by atoms with Crippen LogP contribution >= 0.6 is 0 Å². The minimum absolute atomic E-state index is 0.194. The van der Waals surface area contributed by atoms with Gasteiger partial charge in [-0.2, -0.15) is 0 Å². The lowest BCUT2D eigenvalue weighted by atomic mass is 10.1. The summed E-state index contributed by atoms with van der Waals surface area (Å²) in [5, 5.41) is 0. The molecule has 0 N–H and O–H groups in total. The maximum Gasteiger partial charge on any atom is 0.349 e. The number of benzene rings is 1. The molecule has 1 aromatic rings. The van der Waals surface area contributed by atoms with Gasteiger partial charge in [0.2, 0.25) is 5.78 Å². The molecule has 0 spiro atoms. The van der Waals surface area contributed by atoms with Crippen LogP contribution in [0.5, 0.6) is 0 Å². The summed E-state index contributed by atoms with van der Waals surface area (Å²) in [4.78, 5) is 22.2. The zero-order valence-corrected chi connectivity index (χ0v) is 9.18. The van der Waals surface area contributed by atoms with E-state index >= 15 is 0 Å². The Morgan fingerprint density at radius 1 is 1.22 bits per heavy atom. The van der Waals surface area contributed by atoms with Crippen molar-refractivity contribution in [3.05, 3.63) is 35.1 Å². The van der Waals surface area contributed by atoms with Crippen molar-refractivity contribution in [2.75, 3.05) is 6.61 Å². The van der Waals surface area contributed by atoms with Crippen LogP contribution in [-0.4, -0.2) is 24.5 Å². The van der Waals surface area contributed by atoms with Gasteiger partial charge >= 0.3 is 5.97 Å². The van der Waals surface area contributed by atoms with E-state index in [2.05, 4.69) is 4.74 Å². The number of hydrogen-bond donors (Lipinski definition) is 0. The first-order valence-corrected chi connectivity index (χ1v) is 4.88. The molecule has 1 rings (SSSR count). The van der Waals surface area contributed by atoms with Crippen LogP contribution in [0.15, 0.2) is 12.1 Å². The highest BCUT2D eigenvalue weighted by molar-refractivity contribution is 6.11. The van der Waals surface area contributed by atoms with E-state index in [9.17, 15) is 27.2 Å². The summed E-state index contributed by atoms with van der Waals surface area (Å²) in [7, 11) is 0. The lowest BCUT2D eigenvalue weighted by Gasteiger charge is -2.08. The average molecular weight is 264 g/mol. The van der Waals surface area contributed by atoms with E-state index in [1.165, 1.54) is 6.92 Å². The summed E-state index contributed by atoms with van der Waals surface area (Å²) < 4.78 is 56.3. The summed E-state index contributed by atoms with van der Waals surface area (Å²) >= 11 is 0. The van der Waals surface area contributed by atoms with E-state index in [0.29, 0.717) is 0 Å². The first kappa shape index (κ1) is 14.1. The van der Waals surface area contributed by atoms with E-state index < -0.39 is 40.9 Å². The fourth-order valence-electron chi connectivity index (χ4n) is 1.23. The molecule has 1 atom stereocenters. The maximum absolute atomic E-state index is 13.3. The second-order valence-corrected chi connectivity index (χ2v) is 3.22. The van der Waals surface area contributed by atoms with Crippen molar-refractivity contribution in [1.82, 2.24) is 0 Å². The predicted octanol–water partition coefficient (Wildman–Crippen LogP) is 2.19. The first-order valence-electron chi connectivity index (χ1n) is 4.88. The third-order valence-corrected chi connectivity index (χ3v) is 1.98. The number of ether oxygens (including phenoxy) is 1. The number of hydrogen-bond acceptors (Lipinski definition) is 3. The van der Waals surface area contributed by atoms with Gasteiger partial charge in [-0.3, -0.25) is 4.79 Å². The number of esters is 1. The van der Waals surface area contributed by atoms with Crippen LogP contribution in [0.1, 0.15) is 17.3 Å². The maximum atomic E-state index is 13.3. The number of alkyl halides is 1. The molecule has 3 nitrogen and oxygen atoms in total. The molecule has 0 fully saturated rings. The highest BCUT2D eigenvalue weighted by Gasteiger charge is 2.32. The van der Waals surface area contributed by atoms with Crippen molar-refractivity contribution in [2.24, 2.45) is 0 Å². The molecule has 0 aliphatic heterocycles. The van der Waals surface area contributed by atoms with E-state index in [-0.39, 0.29) is 18.7 Å². The number of carbonyl (C=O) groups excluding carboxylic acids is 2. The molecule has 1 aromatic carbocycles. The molecule has 0 saturated heterocycles. The second-order valence-electron chi connectivity index (χ2n) is 3.22. The Morgan fingerprint density at radius 3 is 2.17 bits per heavy atom. The highest BCUT2D eigenvalue weighted by atomic mass is 19.2. The zero-order valence-electron chi connectivity index (χ0n) is 9.18. The number of carbonyl (C=O) groups is 2. The molecule has 1 unspecified atom stereocenters. The van der Waals surface area contributed by atoms with Crippen molar-refractivity contribution in [3.63, 3.8) is 0 Å². The molecule has 98 valence electrons. The number of Topliss-reactive ketones (excluding diaryl/α,β-unsaturated/α-hetero) is 1. The van der Waals surface area contributed by atoms with Gasteiger partial charge in [-0.25, -0.2) is 22.4 Å². The topological polar surface area (TPSA) is 43.4 Å². The van der Waals surface area contributed by atoms with E-state index in [1.54, 1.807) is 0 Å². The average Bonchev–Trinajstić information content (AvgIpc) is 2.26. The molecule has 0 bridgehead atoms. The fraction of sp³-hybridized carbons (Fsp3) is 0.273. The van der Waals surface area contributed by atoms with Gasteiger partial charge in [-0.1, -0.05) is 0 Å². The molecule has 0 saturated carbocycles. The number of halogens is 4. The van der Waals surface area contributed by atoms with Crippen LogP contribution in [-0.2, 0) is 9.53 Å². The van der Waals surface area contributed by atoms with Crippen molar-refractivity contribution in [1.29, 1.82) is 0 Å². The molecular weight excluding hydrogens is 256 g/mol. The van der Waals surface area contributed by atoms with Crippen LogP contribution in [0, 0.1) is 17.5 Å². The Morgan fingerprint density at radius 2 is 1.72 bits per heavy atom. The van der Waals surface area contributed by atoms with Gasteiger partial charge in [-0.15, -0.1) is 0 Å². The highest BCUT2D eigenvalue weighted by Crippen LogP contribution is 2.18. The predicted molar refractivity (Wildman–Crippen MR) is 52.2 cm³/mol. The first-order chi connectivity index (χ1) is 8.38. The standard InChI is InChI=1S/C11H8F4O3/c1-2-18-11(17)9(15)10(16)8-6(13)3-5(12)4-7(8)14/h3-4,9H,2H2,1H3. The Hall–Kier alpha value is -1.92. The molecular formula is C11H8F4O3. The number of rotatable bonds is 4.